The highest BCUT2D eigenvalue weighted by atomic mass is 16.6. The Hall–Kier alpha value is -1.76. The molecule has 0 aromatic carbocycles. The standard InChI is InChI=1S/C17H26BNO5/c1-4-6-8-13-10-14(15(22-13)9-7-5-2)18-23-16(20)11-19(3)12-17(21)24-18/h10H,4-9,11-12H2,1-3H3. The van der Waals surface area contributed by atoms with Crippen LogP contribution in [0.25, 0.3) is 0 Å². The van der Waals surface area contributed by atoms with Gasteiger partial charge in [0.1, 0.15) is 11.5 Å². The maximum atomic E-state index is 12.0. The summed E-state index contributed by atoms with van der Waals surface area (Å²) in [5.41, 5.74) is 0.667. The Labute approximate surface area is 143 Å². The molecule has 2 rings (SSSR count). The van der Waals surface area contributed by atoms with Gasteiger partial charge in [0.2, 0.25) is 0 Å². The molecule has 1 aliphatic rings. The molecule has 1 aromatic heterocycles. The van der Waals surface area contributed by atoms with Crippen LogP contribution < -0.4 is 5.46 Å². The largest absolute Gasteiger partial charge is 0.640 e. The van der Waals surface area contributed by atoms with Gasteiger partial charge in [0.05, 0.1) is 18.6 Å². The van der Waals surface area contributed by atoms with Gasteiger partial charge < -0.3 is 13.7 Å². The quantitative estimate of drug-likeness (QED) is 0.707. The fourth-order valence-corrected chi connectivity index (χ4v) is 2.67. The van der Waals surface area contributed by atoms with Gasteiger partial charge in [0, 0.05) is 12.8 Å². The minimum atomic E-state index is -1.01. The van der Waals surface area contributed by atoms with Crippen LogP contribution in [0.3, 0.4) is 0 Å². The maximum absolute atomic E-state index is 12.0. The number of hydrogen-bond acceptors (Lipinski definition) is 6. The summed E-state index contributed by atoms with van der Waals surface area (Å²) in [4.78, 5) is 25.5. The van der Waals surface area contributed by atoms with Crippen LogP contribution in [0.15, 0.2) is 10.5 Å². The first-order valence-electron chi connectivity index (χ1n) is 8.72. The van der Waals surface area contributed by atoms with E-state index in [1.165, 1.54) is 0 Å². The van der Waals surface area contributed by atoms with Crippen molar-refractivity contribution in [1.82, 2.24) is 4.90 Å². The SMILES string of the molecule is CCCCc1cc(B2OC(=O)CN(C)CC(=O)O2)c(CCCC)o1. The number of hydrogen-bond donors (Lipinski definition) is 0. The lowest BCUT2D eigenvalue weighted by molar-refractivity contribution is -0.145. The predicted octanol–water partition coefficient (Wildman–Crippen LogP) is 1.69. The van der Waals surface area contributed by atoms with Crippen molar-refractivity contribution >= 4 is 24.5 Å². The van der Waals surface area contributed by atoms with Crippen LogP contribution in [-0.2, 0) is 31.7 Å². The molecule has 0 spiro atoms. The number of carbonyl (C=O) groups excluding carboxylic acids is 2. The molecule has 0 amide bonds. The molecule has 1 aliphatic heterocycles. The van der Waals surface area contributed by atoms with Crippen molar-refractivity contribution in [3.8, 4) is 0 Å². The molecule has 0 atom stereocenters. The smallest absolute Gasteiger partial charge is 0.494 e. The summed E-state index contributed by atoms with van der Waals surface area (Å²) in [6.45, 7) is 4.36. The van der Waals surface area contributed by atoms with Crippen LogP contribution in [-0.4, -0.2) is 44.1 Å². The van der Waals surface area contributed by atoms with Gasteiger partial charge in [-0.3, -0.25) is 14.5 Å². The van der Waals surface area contributed by atoms with E-state index in [1.54, 1.807) is 11.9 Å². The minimum absolute atomic E-state index is 0.0659. The summed E-state index contributed by atoms with van der Waals surface area (Å²) >= 11 is 0. The third kappa shape index (κ3) is 5.13. The van der Waals surface area contributed by atoms with Gasteiger partial charge in [-0.05, 0) is 26.0 Å². The fraction of sp³-hybridized carbons (Fsp3) is 0.647. The number of rotatable bonds is 7. The molecular formula is C17H26BNO5. The second-order valence-electron chi connectivity index (χ2n) is 6.28. The maximum Gasteiger partial charge on any atom is 0.640 e. The second kappa shape index (κ2) is 8.92. The Balaban J connectivity index is 2.23. The lowest BCUT2D eigenvalue weighted by atomic mass is 9.77. The first-order valence-corrected chi connectivity index (χ1v) is 8.72. The predicted molar refractivity (Wildman–Crippen MR) is 91.0 cm³/mol. The van der Waals surface area contributed by atoms with Crippen LogP contribution in [0.1, 0.15) is 51.1 Å². The Kier molecular flexibility index (Phi) is 6.91. The fourth-order valence-electron chi connectivity index (χ4n) is 2.67. The summed E-state index contributed by atoms with van der Waals surface area (Å²) in [5, 5.41) is 0. The van der Waals surface area contributed by atoms with Gasteiger partial charge in [-0.25, -0.2) is 0 Å². The molecule has 0 aliphatic carbocycles. The van der Waals surface area contributed by atoms with Crippen LogP contribution >= 0.6 is 0 Å². The second-order valence-corrected chi connectivity index (χ2v) is 6.28. The van der Waals surface area contributed by atoms with E-state index in [9.17, 15) is 9.59 Å². The van der Waals surface area contributed by atoms with Gasteiger partial charge >= 0.3 is 19.1 Å². The summed E-state index contributed by atoms with van der Waals surface area (Å²) in [6, 6.07) is 1.87. The number of furan rings is 1. The van der Waals surface area contributed by atoms with Gasteiger partial charge in [-0.15, -0.1) is 0 Å². The highest BCUT2D eigenvalue weighted by Crippen LogP contribution is 2.15. The van der Waals surface area contributed by atoms with Crippen LogP contribution in [0.5, 0.6) is 0 Å². The van der Waals surface area contributed by atoms with Crippen molar-refractivity contribution in [3.05, 3.63) is 17.6 Å². The zero-order valence-corrected chi connectivity index (χ0v) is 14.8. The number of unbranched alkanes of at least 4 members (excludes halogenated alkanes) is 2. The van der Waals surface area contributed by atoms with Crippen LogP contribution in [0.2, 0.25) is 0 Å². The molecule has 1 aromatic rings. The van der Waals surface area contributed by atoms with E-state index in [1.807, 2.05) is 6.07 Å². The molecule has 0 N–H and O–H groups in total. The highest BCUT2D eigenvalue weighted by molar-refractivity contribution is 6.64. The molecule has 0 bridgehead atoms. The van der Waals surface area contributed by atoms with E-state index in [4.69, 9.17) is 13.7 Å². The van der Waals surface area contributed by atoms with E-state index in [0.717, 1.165) is 50.0 Å². The van der Waals surface area contributed by atoms with Crippen molar-refractivity contribution in [3.63, 3.8) is 0 Å². The molecule has 0 unspecified atom stereocenters. The van der Waals surface area contributed by atoms with E-state index in [-0.39, 0.29) is 13.1 Å². The van der Waals surface area contributed by atoms with Gasteiger partial charge in [0.15, 0.2) is 0 Å². The van der Waals surface area contributed by atoms with Crippen LogP contribution in [0.4, 0.5) is 0 Å². The average molecular weight is 335 g/mol. The van der Waals surface area contributed by atoms with Gasteiger partial charge in [-0.1, -0.05) is 26.7 Å². The average Bonchev–Trinajstić information content (AvgIpc) is 2.91. The van der Waals surface area contributed by atoms with Gasteiger partial charge in [-0.2, -0.15) is 0 Å². The number of likely N-dealkylation sites (N-methyl/N-ethyl adjacent to an activating group) is 1. The van der Waals surface area contributed by atoms with E-state index in [0.29, 0.717) is 5.46 Å². The Morgan fingerprint density at radius 2 is 1.62 bits per heavy atom. The van der Waals surface area contributed by atoms with E-state index < -0.39 is 19.1 Å². The Morgan fingerprint density at radius 1 is 1.04 bits per heavy atom. The van der Waals surface area contributed by atoms with E-state index in [2.05, 4.69) is 13.8 Å². The topological polar surface area (TPSA) is 69.0 Å². The summed E-state index contributed by atoms with van der Waals surface area (Å²) < 4.78 is 16.7. The zero-order valence-electron chi connectivity index (χ0n) is 14.8. The zero-order chi connectivity index (χ0) is 17.5. The molecule has 132 valence electrons. The molecule has 6 nitrogen and oxygen atoms in total. The monoisotopic (exact) mass is 335 g/mol. The van der Waals surface area contributed by atoms with Crippen molar-refractivity contribution in [2.75, 3.05) is 20.1 Å². The molecule has 2 heterocycles. The molecule has 0 radical (unpaired) electrons. The van der Waals surface area contributed by atoms with Gasteiger partial charge in [0.25, 0.3) is 0 Å². The summed E-state index contributed by atoms with van der Waals surface area (Å²) in [6.07, 6.45) is 5.65. The third-order valence-electron chi connectivity index (χ3n) is 3.96. The third-order valence-corrected chi connectivity index (χ3v) is 3.96. The van der Waals surface area contributed by atoms with Crippen LogP contribution in [0, 0.1) is 0 Å². The first-order chi connectivity index (χ1) is 11.5. The number of carbonyl (C=O) groups is 2. The number of nitrogens with zero attached hydrogens (tertiary/aromatic N) is 1. The Morgan fingerprint density at radius 3 is 2.21 bits per heavy atom. The van der Waals surface area contributed by atoms with Crippen molar-refractivity contribution in [2.24, 2.45) is 0 Å². The minimum Gasteiger partial charge on any atom is -0.494 e. The van der Waals surface area contributed by atoms with E-state index >= 15 is 0 Å². The lowest BCUT2D eigenvalue weighted by Gasteiger charge is -2.22. The van der Waals surface area contributed by atoms with Crippen molar-refractivity contribution in [1.29, 1.82) is 0 Å². The highest BCUT2D eigenvalue weighted by Gasteiger charge is 2.37. The van der Waals surface area contributed by atoms with Crippen molar-refractivity contribution in [2.45, 2.75) is 52.4 Å². The normalized spacial score (nSPS) is 16.5. The summed E-state index contributed by atoms with van der Waals surface area (Å²) in [5.74, 6) is 0.784. The molecule has 1 fully saturated rings. The molecular weight excluding hydrogens is 309 g/mol. The molecule has 24 heavy (non-hydrogen) atoms. The molecule has 1 saturated heterocycles. The lowest BCUT2D eigenvalue weighted by Crippen LogP contribution is -2.48. The summed E-state index contributed by atoms with van der Waals surface area (Å²) in [7, 11) is 0.667. The molecule has 0 saturated carbocycles. The first kappa shape index (κ1) is 18.6. The van der Waals surface area contributed by atoms with Crippen molar-refractivity contribution < 1.29 is 23.3 Å². The Bertz CT molecular complexity index is 551. The molecule has 7 heteroatoms. The number of aryl methyl sites for hydroxylation is 2.